The summed E-state index contributed by atoms with van der Waals surface area (Å²) in [5.41, 5.74) is 1.04. The second-order valence-corrected chi connectivity index (χ2v) is 6.77. The second kappa shape index (κ2) is 6.75. The van der Waals surface area contributed by atoms with Gasteiger partial charge in [0.05, 0.1) is 10.6 Å². The maximum atomic E-state index is 4.12. The highest BCUT2D eigenvalue weighted by Gasteiger charge is 2.18. The van der Waals surface area contributed by atoms with Crippen molar-refractivity contribution in [1.82, 2.24) is 14.9 Å². The van der Waals surface area contributed by atoms with Crippen LogP contribution in [0.2, 0.25) is 0 Å². The molecule has 0 aliphatic rings. The molecule has 6 heteroatoms. The number of aromatic nitrogens is 2. The van der Waals surface area contributed by atoms with Crippen molar-refractivity contribution in [2.24, 2.45) is 0 Å². The molecule has 98 valence electrons. The molecule has 0 aliphatic heterocycles. The van der Waals surface area contributed by atoms with Crippen molar-refractivity contribution in [3.8, 4) is 0 Å². The summed E-state index contributed by atoms with van der Waals surface area (Å²) in [6.45, 7) is 5.23. The van der Waals surface area contributed by atoms with E-state index in [1.165, 1.54) is 25.8 Å². The van der Waals surface area contributed by atoms with Crippen LogP contribution in [0.5, 0.6) is 0 Å². The molecule has 0 fully saturated rings. The highest BCUT2D eigenvalue weighted by Crippen LogP contribution is 2.30. The van der Waals surface area contributed by atoms with Crippen LogP contribution in [-0.4, -0.2) is 16.1 Å². The van der Waals surface area contributed by atoms with E-state index in [1.54, 1.807) is 11.3 Å². The first-order valence-electron chi connectivity index (χ1n) is 5.96. The van der Waals surface area contributed by atoms with Crippen LogP contribution in [0.25, 0.3) is 0 Å². The van der Waals surface area contributed by atoms with Crippen molar-refractivity contribution in [2.45, 2.75) is 32.7 Å². The molecule has 2 aromatic heterocycles. The highest BCUT2D eigenvalue weighted by molar-refractivity contribution is 9.10. The molecule has 2 heterocycles. The Morgan fingerprint density at radius 1 is 1.50 bits per heavy atom. The number of hydrogen-bond acceptors (Lipinski definition) is 5. The predicted octanol–water partition coefficient (Wildman–Crippen LogP) is 3.95. The van der Waals surface area contributed by atoms with Gasteiger partial charge in [-0.15, -0.1) is 16.4 Å². The van der Waals surface area contributed by atoms with Crippen molar-refractivity contribution < 1.29 is 0 Å². The molecule has 0 amide bonds. The van der Waals surface area contributed by atoms with E-state index in [2.05, 4.69) is 49.2 Å². The van der Waals surface area contributed by atoms with Crippen LogP contribution in [-0.2, 0) is 6.42 Å². The smallest absolute Gasteiger partial charge is 0.0772 e. The summed E-state index contributed by atoms with van der Waals surface area (Å²) in [5.74, 6) is 0. The lowest BCUT2D eigenvalue weighted by Crippen LogP contribution is -2.23. The van der Waals surface area contributed by atoms with Crippen molar-refractivity contribution >= 4 is 38.8 Å². The summed E-state index contributed by atoms with van der Waals surface area (Å²) in [6.07, 6.45) is 2.12. The minimum atomic E-state index is 0.319. The largest absolute Gasteiger partial charge is 0.309 e. The number of rotatable bonds is 6. The average molecular weight is 346 g/mol. The number of hydrogen-bond donors (Lipinski definition) is 1. The zero-order valence-electron chi connectivity index (χ0n) is 10.4. The first kappa shape index (κ1) is 14.1. The third-order valence-electron chi connectivity index (χ3n) is 2.72. The van der Waals surface area contributed by atoms with Crippen LogP contribution in [0.15, 0.2) is 15.9 Å². The monoisotopic (exact) mass is 345 g/mol. The molecular weight excluding hydrogens is 330 g/mol. The van der Waals surface area contributed by atoms with E-state index >= 15 is 0 Å². The topological polar surface area (TPSA) is 37.8 Å². The van der Waals surface area contributed by atoms with Gasteiger partial charge in [0.25, 0.3) is 0 Å². The van der Waals surface area contributed by atoms with Crippen LogP contribution >= 0.6 is 38.8 Å². The van der Waals surface area contributed by atoms with E-state index in [1.807, 2.05) is 6.92 Å². The summed E-state index contributed by atoms with van der Waals surface area (Å²) in [5, 5.41) is 9.83. The average Bonchev–Trinajstić information content (AvgIpc) is 2.94. The first-order chi connectivity index (χ1) is 8.72. The van der Waals surface area contributed by atoms with Crippen molar-refractivity contribution in [2.75, 3.05) is 6.54 Å². The van der Waals surface area contributed by atoms with E-state index < -0.39 is 0 Å². The SMILES string of the molecule is CCCNC(Cc1sccc1Br)c1snnc1C. The minimum absolute atomic E-state index is 0.319. The number of thiophene rings is 1. The molecule has 1 N–H and O–H groups in total. The van der Waals surface area contributed by atoms with E-state index in [0.717, 1.165) is 25.1 Å². The zero-order valence-corrected chi connectivity index (χ0v) is 13.7. The lowest BCUT2D eigenvalue weighted by Gasteiger charge is -2.16. The van der Waals surface area contributed by atoms with Crippen molar-refractivity contribution in [3.63, 3.8) is 0 Å². The zero-order chi connectivity index (χ0) is 13.0. The third kappa shape index (κ3) is 3.38. The Kier molecular flexibility index (Phi) is 5.29. The van der Waals surface area contributed by atoms with Gasteiger partial charge >= 0.3 is 0 Å². The number of nitrogens with zero attached hydrogens (tertiary/aromatic N) is 2. The van der Waals surface area contributed by atoms with Gasteiger partial charge in [-0.2, -0.15) is 0 Å². The van der Waals surface area contributed by atoms with Gasteiger partial charge in [-0.1, -0.05) is 11.4 Å². The summed E-state index contributed by atoms with van der Waals surface area (Å²) >= 11 is 6.89. The van der Waals surface area contributed by atoms with Crippen LogP contribution in [0.4, 0.5) is 0 Å². The Labute approximate surface area is 124 Å². The van der Waals surface area contributed by atoms with E-state index in [-0.39, 0.29) is 0 Å². The van der Waals surface area contributed by atoms with Crippen LogP contribution in [0, 0.1) is 6.92 Å². The molecule has 2 aromatic rings. The molecule has 0 saturated heterocycles. The van der Waals surface area contributed by atoms with Gasteiger partial charge in [0.2, 0.25) is 0 Å². The first-order valence-corrected chi connectivity index (χ1v) is 8.41. The Balaban J connectivity index is 2.15. The summed E-state index contributed by atoms with van der Waals surface area (Å²) in [7, 11) is 0. The van der Waals surface area contributed by atoms with Crippen LogP contribution in [0.1, 0.15) is 34.8 Å². The normalized spacial score (nSPS) is 12.8. The Hall–Kier alpha value is -0.300. The molecule has 18 heavy (non-hydrogen) atoms. The summed E-state index contributed by atoms with van der Waals surface area (Å²) in [6, 6.07) is 2.43. The molecule has 0 aliphatic carbocycles. The van der Waals surface area contributed by atoms with Gasteiger partial charge in [0.1, 0.15) is 0 Å². The number of aryl methyl sites for hydroxylation is 1. The fraction of sp³-hybridized carbons (Fsp3) is 0.500. The maximum Gasteiger partial charge on any atom is 0.0772 e. The molecule has 0 saturated carbocycles. The predicted molar refractivity (Wildman–Crippen MR) is 81.4 cm³/mol. The van der Waals surface area contributed by atoms with E-state index in [0.29, 0.717) is 6.04 Å². The van der Waals surface area contributed by atoms with E-state index in [4.69, 9.17) is 0 Å². The summed E-state index contributed by atoms with van der Waals surface area (Å²) in [4.78, 5) is 2.63. The van der Waals surface area contributed by atoms with Gasteiger partial charge in [-0.05, 0) is 58.8 Å². The molecule has 2 rings (SSSR count). The van der Waals surface area contributed by atoms with Crippen molar-refractivity contribution in [1.29, 1.82) is 0 Å². The fourth-order valence-corrected chi connectivity index (χ4v) is 4.07. The fourth-order valence-electron chi connectivity index (χ4n) is 1.79. The Bertz CT molecular complexity index is 495. The molecule has 1 unspecified atom stereocenters. The van der Waals surface area contributed by atoms with Crippen molar-refractivity contribution in [3.05, 3.63) is 31.4 Å². The molecular formula is C12H16BrN3S2. The number of halogens is 1. The maximum absolute atomic E-state index is 4.12. The lowest BCUT2D eigenvalue weighted by molar-refractivity contribution is 0.536. The Morgan fingerprint density at radius 3 is 2.89 bits per heavy atom. The molecule has 3 nitrogen and oxygen atoms in total. The lowest BCUT2D eigenvalue weighted by atomic mass is 10.1. The van der Waals surface area contributed by atoms with Gasteiger partial charge < -0.3 is 5.32 Å². The highest BCUT2D eigenvalue weighted by atomic mass is 79.9. The standard InChI is InChI=1S/C12H16BrN3S2/c1-3-5-14-10(12-8(2)15-16-18-12)7-11-9(13)4-6-17-11/h4,6,10,14H,3,5,7H2,1-2H3. The van der Waals surface area contributed by atoms with Gasteiger partial charge in [-0.25, -0.2) is 0 Å². The third-order valence-corrected chi connectivity index (χ3v) is 5.61. The quantitative estimate of drug-likeness (QED) is 0.861. The second-order valence-electron chi connectivity index (χ2n) is 4.13. The van der Waals surface area contributed by atoms with Gasteiger partial charge in [-0.3, -0.25) is 0 Å². The Morgan fingerprint density at radius 2 is 2.33 bits per heavy atom. The van der Waals surface area contributed by atoms with Crippen LogP contribution in [0.3, 0.4) is 0 Å². The molecule has 0 spiro atoms. The molecule has 0 radical (unpaired) electrons. The number of nitrogens with one attached hydrogen (secondary N) is 1. The van der Waals surface area contributed by atoms with Crippen LogP contribution < -0.4 is 5.32 Å². The minimum Gasteiger partial charge on any atom is -0.309 e. The molecule has 1 atom stereocenters. The summed E-state index contributed by atoms with van der Waals surface area (Å²) < 4.78 is 5.25. The van der Waals surface area contributed by atoms with Gasteiger partial charge in [0, 0.05) is 21.8 Å². The van der Waals surface area contributed by atoms with E-state index in [9.17, 15) is 0 Å². The molecule has 0 bridgehead atoms. The molecule has 0 aromatic carbocycles. The van der Waals surface area contributed by atoms with Gasteiger partial charge in [0.15, 0.2) is 0 Å².